The normalized spacial score (nSPS) is 12.5. The Balaban J connectivity index is 1.75. The SMILES string of the molecule is NC(Cc1nnc(-c2ccccc2)o1)c1cccs1. The van der Waals surface area contributed by atoms with Crippen LogP contribution in [0.25, 0.3) is 11.5 Å². The van der Waals surface area contributed by atoms with Crippen molar-refractivity contribution in [3.05, 3.63) is 58.6 Å². The van der Waals surface area contributed by atoms with E-state index in [1.165, 1.54) is 0 Å². The molecular weight excluding hydrogens is 258 g/mol. The Kier molecular flexibility index (Phi) is 3.39. The van der Waals surface area contributed by atoms with Gasteiger partial charge in [-0.2, -0.15) is 0 Å². The van der Waals surface area contributed by atoms with Gasteiger partial charge in [-0.25, -0.2) is 0 Å². The minimum Gasteiger partial charge on any atom is -0.421 e. The number of benzene rings is 1. The summed E-state index contributed by atoms with van der Waals surface area (Å²) in [5, 5.41) is 10.1. The predicted molar refractivity (Wildman–Crippen MR) is 74.7 cm³/mol. The quantitative estimate of drug-likeness (QED) is 0.792. The van der Waals surface area contributed by atoms with E-state index in [0.29, 0.717) is 18.2 Å². The van der Waals surface area contributed by atoms with Crippen LogP contribution in [-0.4, -0.2) is 10.2 Å². The molecule has 0 aliphatic heterocycles. The molecule has 4 nitrogen and oxygen atoms in total. The second-order valence-electron chi connectivity index (χ2n) is 4.19. The first-order valence-corrected chi connectivity index (χ1v) is 6.87. The third-order valence-corrected chi connectivity index (χ3v) is 3.79. The summed E-state index contributed by atoms with van der Waals surface area (Å²) in [5.41, 5.74) is 7.02. The molecule has 3 rings (SSSR count). The van der Waals surface area contributed by atoms with E-state index in [2.05, 4.69) is 10.2 Å². The Hall–Kier alpha value is -1.98. The molecule has 0 saturated carbocycles. The monoisotopic (exact) mass is 271 g/mol. The first-order chi connectivity index (χ1) is 9.33. The molecule has 1 atom stereocenters. The number of nitrogens with two attached hydrogens (primary N) is 1. The molecule has 96 valence electrons. The lowest BCUT2D eigenvalue weighted by atomic mass is 10.2. The maximum Gasteiger partial charge on any atom is 0.247 e. The standard InChI is InChI=1S/C14H13N3OS/c15-11(12-7-4-8-19-12)9-13-16-17-14(18-13)10-5-2-1-3-6-10/h1-8,11H,9,15H2. The number of thiophene rings is 1. The zero-order valence-electron chi connectivity index (χ0n) is 10.2. The molecular formula is C14H13N3OS. The maximum atomic E-state index is 6.10. The molecule has 2 N–H and O–H groups in total. The van der Waals surface area contributed by atoms with Gasteiger partial charge in [0, 0.05) is 22.9 Å². The Bertz CT molecular complexity index is 634. The highest BCUT2D eigenvalue weighted by molar-refractivity contribution is 7.10. The summed E-state index contributed by atoms with van der Waals surface area (Å²) in [5.74, 6) is 1.11. The van der Waals surface area contributed by atoms with Gasteiger partial charge in [-0.15, -0.1) is 21.5 Å². The smallest absolute Gasteiger partial charge is 0.247 e. The van der Waals surface area contributed by atoms with Gasteiger partial charge >= 0.3 is 0 Å². The Morgan fingerprint density at radius 1 is 1.11 bits per heavy atom. The van der Waals surface area contributed by atoms with Crippen LogP contribution in [-0.2, 0) is 6.42 Å². The summed E-state index contributed by atoms with van der Waals surface area (Å²) in [7, 11) is 0. The van der Waals surface area contributed by atoms with Gasteiger partial charge in [-0.05, 0) is 23.6 Å². The highest BCUT2D eigenvalue weighted by Crippen LogP contribution is 2.22. The molecule has 0 amide bonds. The minimum absolute atomic E-state index is 0.0935. The molecule has 2 heterocycles. The number of nitrogens with zero attached hydrogens (tertiary/aromatic N) is 2. The summed E-state index contributed by atoms with van der Waals surface area (Å²) in [4.78, 5) is 1.12. The first-order valence-electron chi connectivity index (χ1n) is 6.00. The van der Waals surface area contributed by atoms with Crippen molar-refractivity contribution in [3.8, 4) is 11.5 Å². The van der Waals surface area contributed by atoms with Crippen molar-refractivity contribution >= 4 is 11.3 Å². The molecule has 19 heavy (non-hydrogen) atoms. The van der Waals surface area contributed by atoms with Gasteiger partial charge in [-0.3, -0.25) is 0 Å². The van der Waals surface area contributed by atoms with Crippen LogP contribution in [0.3, 0.4) is 0 Å². The Morgan fingerprint density at radius 2 is 1.95 bits per heavy atom. The first kappa shape index (κ1) is 12.1. The zero-order chi connectivity index (χ0) is 13.1. The van der Waals surface area contributed by atoms with E-state index in [-0.39, 0.29) is 6.04 Å². The maximum absolute atomic E-state index is 6.10. The Labute approximate surface area is 114 Å². The molecule has 0 aliphatic carbocycles. The fourth-order valence-corrected chi connectivity index (χ4v) is 2.55. The Morgan fingerprint density at radius 3 is 2.68 bits per heavy atom. The van der Waals surface area contributed by atoms with Gasteiger partial charge in [0.15, 0.2) is 0 Å². The molecule has 0 radical (unpaired) electrons. The summed E-state index contributed by atoms with van der Waals surface area (Å²) in [6.45, 7) is 0. The third-order valence-electron chi connectivity index (χ3n) is 2.79. The van der Waals surface area contributed by atoms with E-state index in [4.69, 9.17) is 10.2 Å². The van der Waals surface area contributed by atoms with Crippen LogP contribution in [0.15, 0.2) is 52.3 Å². The van der Waals surface area contributed by atoms with Crippen molar-refractivity contribution < 1.29 is 4.42 Å². The molecule has 0 fully saturated rings. The molecule has 5 heteroatoms. The molecule has 3 aromatic rings. The summed E-state index contributed by atoms with van der Waals surface area (Å²) >= 11 is 1.64. The van der Waals surface area contributed by atoms with Crippen LogP contribution in [0.4, 0.5) is 0 Å². The topological polar surface area (TPSA) is 64.9 Å². The van der Waals surface area contributed by atoms with Gasteiger partial charge < -0.3 is 10.2 Å². The molecule has 2 aromatic heterocycles. The van der Waals surface area contributed by atoms with E-state index < -0.39 is 0 Å². The van der Waals surface area contributed by atoms with E-state index in [1.807, 2.05) is 47.8 Å². The van der Waals surface area contributed by atoms with Gasteiger partial charge in [0.1, 0.15) is 0 Å². The summed E-state index contributed by atoms with van der Waals surface area (Å²) in [6.07, 6.45) is 0.556. The van der Waals surface area contributed by atoms with Crippen molar-refractivity contribution in [1.29, 1.82) is 0 Å². The van der Waals surface area contributed by atoms with Crippen LogP contribution in [0, 0.1) is 0 Å². The number of aromatic nitrogens is 2. The number of hydrogen-bond acceptors (Lipinski definition) is 5. The van der Waals surface area contributed by atoms with Crippen molar-refractivity contribution in [2.45, 2.75) is 12.5 Å². The van der Waals surface area contributed by atoms with Gasteiger partial charge in [0.05, 0.1) is 0 Å². The highest BCUT2D eigenvalue weighted by Gasteiger charge is 2.14. The van der Waals surface area contributed by atoms with Gasteiger partial charge in [0.25, 0.3) is 0 Å². The lowest BCUT2D eigenvalue weighted by Crippen LogP contribution is -2.11. The van der Waals surface area contributed by atoms with Crippen LogP contribution >= 0.6 is 11.3 Å². The molecule has 0 spiro atoms. The predicted octanol–water partition coefficient (Wildman–Crippen LogP) is 3.04. The number of rotatable bonds is 4. The fraction of sp³-hybridized carbons (Fsp3) is 0.143. The van der Waals surface area contributed by atoms with Crippen LogP contribution in [0.5, 0.6) is 0 Å². The largest absolute Gasteiger partial charge is 0.421 e. The van der Waals surface area contributed by atoms with E-state index >= 15 is 0 Å². The second kappa shape index (κ2) is 5.34. The zero-order valence-corrected chi connectivity index (χ0v) is 11.0. The molecule has 1 aromatic carbocycles. The average molecular weight is 271 g/mol. The lowest BCUT2D eigenvalue weighted by molar-refractivity contribution is 0.485. The minimum atomic E-state index is -0.0935. The molecule has 0 aliphatic rings. The van der Waals surface area contributed by atoms with Crippen molar-refractivity contribution in [3.63, 3.8) is 0 Å². The van der Waals surface area contributed by atoms with Crippen molar-refractivity contribution in [1.82, 2.24) is 10.2 Å². The fourth-order valence-electron chi connectivity index (χ4n) is 1.82. The van der Waals surface area contributed by atoms with E-state index in [0.717, 1.165) is 10.4 Å². The van der Waals surface area contributed by atoms with Crippen LogP contribution < -0.4 is 5.73 Å². The second-order valence-corrected chi connectivity index (χ2v) is 5.17. The molecule has 0 saturated heterocycles. The average Bonchev–Trinajstić information content (AvgIpc) is 3.11. The lowest BCUT2D eigenvalue weighted by Gasteiger charge is -2.05. The van der Waals surface area contributed by atoms with Crippen LogP contribution in [0.1, 0.15) is 16.8 Å². The van der Waals surface area contributed by atoms with Crippen molar-refractivity contribution in [2.24, 2.45) is 5.73 Å². The summed E-state index contributed by atoms with van der Waals surface area (Å²) in [6, 6.07) is 13.6. The van der Waals surface area contributed by atoms with E-state index in [9.17, 15) is 0 Å². The number of hydrogen-bond donors (Lipinski definition) is 1. The molecule has 1 unspecified atom stereocenters. The highest BCUT2D eigenvalue weighted by atomic mass is 32.1. The third kappa shape index (κ3) is 2.72. The van der Waals surface area contributed by atoms with Crippen molar-refractivity contribution in [2.75, 3.05) is 0 Å². The summed E-state index contributed by atoms with van der Waals surface area (Å²) < 4.78 is 5.64. The van der Waals surface area contributed by atoms with Gasteiger partial charge in [0.2, 0.25) is 11.8 Å². The molecule has 0 bridgehead atoms. The van der Waals surface area contributed by atoms with Crippen LogP contribution in [0.2, 0.25) is 0 Å². The van der Waals surface area contributed by atoms with Gasteiger partial charge in [-0.1, -0.05) is 24.3 Å². The van der Waals surface area contributed by atoms with E-state index in [1.54, 1.807) is 11.3 Å².